The Morgan fingerprint density at radius 3 is 2.45 bits per heavy atom. The molecule has 0 aliphatic heterocycles. The lowest BCUT2D eigenvalue weighted by Gasteiger charge is -2.26. The number of ether oxygens (including phenoxy) is 1. The van der Waals surface area contributed by atoms with Gasteiger partial charge in [-0.1, -0.05) is 37.1 Å². The number of anilines is 1. The summed E-state index contributed by atoms with van der Waals surface area (Å²) in [5, 5.41) is 11.1. The van der Waals surface area contributed by atoms with Crippen molar-refractivity contribution in [2.45, 2.75) is 56.5 Å². The molecular weight excluding hydrogens is 616 g/mol. The van der Waals surface area contributed by atoms with Crippen LogP contribution in [-0.4, -0.2) is 48.2 Å². The van der Waals surface area contributed by atoms with Crippen molar-refractivity contribution in [3.05, 3.63) is 119 Å². The molecule has 3 aromatic carbocycles. The number of nitrogens with one attached hydrogen (secondary N) is 1. The Kier molecular flexibility index (Phi) is 8.99. The highest BCUT2D eigenvalue weighted by Gasteiger charge is 2.28. The van der Waals surface area contributed by atoms with E-state index in [1.165, 1.54) is 24.1 Å². The lowest BCUT2D eigenvalue weighted by Crippen LogP contribution is -2.37. The summed E-state index contributed by atoms with van der Waals surface area (Å²) in [5.74, 6) is -0.340. The van der Waals surface area contributed by atoms with E-state index in [0.29, 0.717) is 30.0 Å². The summed E-state index contributed by atoms with van der Waals surface area (Å²) in [7, 11) is -2.58. The van der Waals surface area contributed by atoms with Gasteiger partial charge in [-0.3, -0.25) is 14.7 Å². The molecule has 1 saturated carbocycles. The zero-order valence-electron chi connectivity index (χ0n) is 26.2. The van der Waals surface area contributed by atoms with E-state index >= 15 is 0 Å². The standard InChI is InChI=1S/C36H36N4O6S/c1-24-7-3-6-10-34(24)47(44,45)38-35(41)27-12-11-26(33(20-27)46-2)19-28-23-39(22-25-15-17-37-18-16-25)32-14-13-30(21-31(28)32)40(36(42)43)29-8-4-5-9-29/h3,6-7,10-18,20-21,23,29H,4-5,8-9,19,22H2,1-2H3,(H,38,41)(H,42,43). The number of pyridine rings is 1. The number of fused-ring (bicyclic) bond motifs is 1. The molecule has 5 aromatic rings. The van der Waals surface area contributed by atoms with Gasteiger partial charge in [0.05, 0.1) is 12.0 Å². The highest BCUT2D eigenvalue weighted by atomic mass is 32.2. The van der Waals surface area contributed by atoms with Crippen molar-refractivity contribution in [2.24, 2.45) is 0 Å². The number of carbonyl (C=O) groups excluding carboxylic acids is 1. The van der Waals surface area contributed by atoms with E-state index in [9.17, 15) is 23.1 Å². The molecule has 47 heavy (non-hydrogen) atoms. The predicted octanol–water partition coefficient (Wildman–Crippen LogP) is 6.54. The fraction of sp³-hybridized carbons (Fsp3) is 0.250. The largest absolute Gasteiger partial charge is 0.496 e. The van der Waals surface area contributed by atoms with Crippen molar-refractivity contribution in [1.29, 1.82) is 0 Å². The molecule has 1 aliphatic carbocycles. The van der Waals surface area contributed by atoms with Gasteiger partial charge in [-0.2, -0.15) is 0 Å². The van der Waals surface area contributed by atoms with Crippen molar-refractivity contribution in [1.82, 2.24) is 14.3 Å². The van der Waals surface area contributed by atoms with Crippen molar-refractivity contribution >= 4 is 38.6 Å². The van der Waals surface area contributed by atoms with Gasteiger partial charge in [0.25, 0.3) is 15.9 Å². The van der Waals surface area contributed by atoms with Crippen LogP contribution in [0.25, 0.3) is 10.9 Å². The molecule has 10 nitrogen and oxygen atoms in total. The van der Waals surface area contributed by atoms with E-state index in [4.69, 9.17) is 4.74 Å². The summed E-state index contributed by atoms with van der Waals surface area (Å²) >= 11 is 0. The summed E-state index contributed by atoms with van der Waals surface area (Å²) in [6, 6.07) is 21.0. The van der Waals surface area contributed by atoms with Gasteiger partial charge in [0, 0.05) is 59.8 Å². The second-order valence-corrected chi connectivity index (χ2v) is 13.5. The van der Waals surface area contributed by atoms with Crippen LogP contribution in [0.3, 0.4) is 0 Å². The van der Waals surface area contributed by atoms with Gasteiger partial charge in [0.2, 0.25) is 0 Å². The maximum atomic E-state index is 13.1. The average Bonchev–Trinajstić information content (AvgIpc) is 3.70. The molecule has 0 radical (unpaired) electrons. The van der Waals surface area contributed by atoms with E-state index in [0.717, 1.165) is 53.3 Å². The smallest absolute Gasteiger partial charge is 0.412 e. The van der Waals surface area contributed by atoms with Crippen LogP contribution in [0.1, 0.15) is 58.3 Å². The number of aromatic nitrogens is 2. The third-order valence-electron chi connectivity index (χ3n) is 8.76. The molecule has 0 bridgehead atoms. The molecule has 11 heteroatoms. The zero-order valence-corrected chi connectivity index (χ0v) is 27.0. The molecule has 242 valence electrons. The van der Waals surface area contributed by atoms with Crippen molar-refractivity contribution < 1.29 is 27.9 Å². The third-order valence-corrected chi connectivity index (χ3v) is 10.3. The topological polar surface area (TPSA) is 131 Å². The van der Waals surface area contributed by atoms with Crippen LogP contribution < -0.4 is 14.4 Å². The Morgan fingerprint density at radius 1 is 1.00 bits per heavy atom. The Hall–Kier alpha value is -5.16. The van der Waals surface area contributed by atoms with Gasteiger partial charge in [-0.25, -0.2) is 17.9 Å². The van der Waals surface area contributed by atoms with Crippen molar-refractivity contribution in [2.75, 3.05) is 12.0 Å². The Labute approximate surface area is 273 Å². The minimum absolute atomic E-state index is 0.0360. The molecule has 0 saturated heterocycles. The molecule has 2 amide bonds. The lowest BCUT2D eigenvalue weighted by atomic mass is 10.0. The summed E-state index contributed by atoms with van der Waals surface area (Å²) in [4.78, 5) is 31.2. The SMILES string of the molecule is COc1cc(C(=O)NS(=O)(=O)c2ccccc2C)ccc1Cc1cn(Cc2ccncc2)c2ccc(N(C(=O)O)C3CCCC3)cc12. The fourth-order valence-electron chi connectivity index (χ4n) is 6.44. The van der Waals surface area contributed by atoms with Gasteiger partial charge in [0.15, 0.2) is 0 Å². The van der Waals surface area contributed by atoms with Crippen LogP contribution in [0.15, 0.2) is 96.3 Å². The number of carboxylic acid groups (broad SMARTS) is 1. The van der Waals surface area contributed by atoms with E-state index < -0.39 is 22.0 Å². The van der Waals surface area contributed by atoms with Crippen LogP contribution in [0.4, 0.5) is 10.5 Å². The number of carbonyl (C=O) groups is 2. The Morgan fingerprint density at radius 2 is 1.74 bits per heavy atom. The summed E-state index contributed by atoms with van der Waals surface area (Å²) in [6.07, 6.45) is 8.71. The van der Waals surface area contributed by atoms with Crippen LogP contribution in [0.5, 0.6) is 5.75 Å². The van der Waals surface area contributed by atoms with Crippen LogP contribution in [0, 0.1) is 6.92 Å². The van der Waals surface area contributed by atoms with Gasteiger partial charge in [0.1, 0.15) is 5.75 Å². The molecule has 1 aliphatic rings. The van der Waals surface area contributed by atoms with Gasteiger partial charge in [-0.05, 0) is 90.6 Å². The van der Waals surface area contributed by atoms with E-state index in [2.05, 4.69) is 20.5 Å². The first-order valence-electron chi connectivity index (χ1n) is 15.5. The number of amides is 2. The third kappa shape index (κ3) is 6.71. The number of nitrogens with zero attached hydrogens (tertiary/aromatic N) is 3. The molecule has 6 rings (SSSR count). The number of hydrogen-bond acceptors (Lipinski definition) is 6. The molecular formula is C36H36N4O6S. The first-order valence-corrected chi connectivity index (χ1v) is 17.0. The highest BCUT2D eigenvalue weighted by Crippen LogP contribution is 2.34. The normalized spacial score (nSPS) is 13.5. The minimum atomic E-state index is -4.08. The van der Waals surface area contributed by atoms with Gasteiger partial charge in [-0.15, -0.1) is 0 Å². The van der Waals surface area contributed by atoms with E-state index in [1.807, 2.05) is 30.3 Å². The van der Waals surface area contributed by atoms with Crippen LogP contribution in [0.2, 0.25) is 0 Å². The van der Waals surface area contributed by atoms with E-state index in [1.54, 1.807) is 49.6 Å². The molecule has 0 atom stereocenters. The predicted molar refractivity (Wildman–Crippen MR) is 180 cm³/mol. The van der Waals surface area contributed by atoms with Gasteiger partial charge >= 0.3 is 6.09 Å². The van der Waals surface area contributed by atoms with E-state index in [-0.39, 0.29) is 16.5 Å². The molecule has 2 aromatic heterocycles. The van der Waals surface area contributed by atoms with Crippen molar-refractivity contribution in [3.8, 4) is 5.75 Å². The number of sulfonamides is 1. The molecule has 1 fully saturated rings. The highest BCUT2D eigenvalue weighted by molar-refractivity contribution is 7.90. The molecule has 2 heterocycles. The lowest BCUT2D eigenvalue weighted by molar-refractivity contribution is 0.0981. The second kappa shape index (κ2) is 13.3. The zero-order chi connectivity index (χ0) is 33.1. The van der Waals surface area contributed by atoms with Gasteiger partial charge < -0.3 is 14.4 Å². The molecule has 0 spiro atoms. The Balaban J connectivity index is 1.34. The average molecular weight is 653 g/mol. The van der Waals surface area contributed by atoms with Crippen molar-refractivity contribution in [3.63, 3.8) is 0 Å². The quantitative estimate of drug-likeness (QED) is 0.175. The minimum Gasteiger partial charge on any atom is -0.496 e. The number of methoxy groups -OCH3 is 1. The fourth-order valence-corrected chi connectivity index (χ4v) is 7.66. The first-order chi connectivity index (χ1) is 22.6. The summed E-state index contributed by atoms with van der Waals surface area (Å²) in [5.41, 5.74) is 5.05. The Bertz CT molecular complexity index is 2050. The summed E-state index contributed by atoms with van der Waals surface area (Å²) < 4.78 is 35.9. The maximum Gasteiger partial charge on any atom is 0.412 e. The second-order valence-electron chi connectivity index (χ2n) is 11.8. The van der Waals surface area contributed by atoms with Crippen LogP contribution >= 0.6 is 0 Å². The number of benzene rings is 3. The van der Waals surface area contributed by atoms with Crippen LogP contribution in [-0.2, 0) is 23.0 Å². The number of hydrogen-bond donors (Lipinski definition) is 2. The monoisotopic (exact) mass is 652 g/mol. The maximum absolute atomic E-state index is 13.1. The number of aryl methyl sites for hydroxylation is 1. The summed E-state index contributed by atoms with van der Waals surface area (Å²) in [6.45, 7) is 2.26. The molecule has 2 N–H and O–H groups in total. The first kappa shape index (κ1) is 31.8. The number of rotatable bonds is 10. The molecule has 0 unspecified atom stereocenters.